The van der Waals surface area contributed by atoms with Gasteiger partial charge in [-0.3, -0.25) is 15.1 Å². The van der Waals surface area contributed by atoms with Gasteiger partial charge in [-0.2, -0.15) is 17.5 Å². The fraction of sp³-hybridized carbons (Fsp3) is 0.533. The molecule has 1 aliphatic rings. The predicted octanol–water partition coefficient (Wildman–Crippen LogP) is 2.19. The molecule has 0 aromatic heterocycles. The molecule has 0 bridgehead atoms. The summed E-state index contributed by atoms with van der Waals surface area (Å²) in [5.74, 6) is 0.364. The van der Waals surface area contributed by atoms with E-state index in [1.165, 1.54) is 19.2 Å². The third-order valence-electron chi connectivity index (χ3n) is 4.23. The zero-order valence-corrected chi connectivity index (χ0v) is 18.5. The molecule has 0 radical (unpaired) electrons. The smallest absolute Gasteiger partial charge is 0.354 e. The number of rotatable bonds is 5. The monoisotopic (exact) mass is 551 g/mol. The molecule has 14 heteroatoms. The first-order chi connectivity index (χ1) is 13.0. The number of nitro groups is 1. The molecule has 0 unspecified atom stereocenters. The lowest BCUT2D eigenvalue weighted by molar-refractivity contribution is -0.384. The lowest BCUT2D eigenvalue weighted by atomic mass is 10.1. The first-order valence-corrected chi connectivity index (χ1v) is 9.75. The van der Waals surface area contributed by atoms with Gasteiger partial charge in [-0.05, 0) is 18.4 Å². The number of alkyl halides is 3. The Labute approximate surface area is 183 Å². The molecule has 1 aromatic rings. The Morgan fingerprint density at radius 1 is 1.34 bits per heavy atom. The molecule has 1 saturated heterocycles. The largest absolute Gasteiger partial charge is 0.511 e. The van der Waals surface area contributed by atoms with Gasteiger partial charge in [0.25, 0.3) is 5.69 Å². The van der Waals surface area contributed by atoms with Gasteiger partial charge in [0.2, 0.25) is 0 Å². The first-order valence-electron chi connectivity index (χ1n) is 8.31. The fourth-order valence-corrected chi connectivity index (χ4v) is 3.72. The van der Waals surface area contributed by atoms with E-state index in [1.807, 2.05) is 0 Å². The summed E-state index contributed by atoms with van der Waals surface area (Å²) in [5.41, 5.74) is -4.69. The van der Waals surface area contributed by atoms with Crippen LogP contribution in [-0.2, 0) is 16.6 Å². The lowest BCUT2D eigenvalue weighted by Crippen LogP contribution is -2.51. The van der Waals surface area contributed by atoms with Crippen LogP contribution in [0.25, 0.3) is 0 Å². The molecule has 2 N–H and O–H groups in total. The van der Waals surface area contributed by atoms with Gasteiger partial charge in [0, 0.05) is 44.9 Å². The van der Waals surface area contributed by atoms with Crippen molar-refractivity contribution in [3.8, 4) is 0 Å². The molecule has 164 valence electrons. The Bertz CT molecular complexity index is 843. The van der Waals surface area contributed by atoms with Crippen molar-refractivity contribution in [2.45, 2.75) is 30.9 Å². The van der Waals surface area contributed by atoms with Crippen molar-refractivity contribution in [1.82, 2.24) is 14.9 Å². The summed E-state index contributed by atoms with van der Waals surface area (Å²) in [4.78, 5) is 14.3. The van der Waals surface area contributed by atoms with Crippen LogP contribution >= 0.6 is 24.0 Å². The molecule has 1 heterocycles. The van der Waals surface area contributed by atoms with Crippen LogP contribution in [0.15, 0.2) is 29.3 Å². The van der Waals surface area contributed by atoms with E-state index < -0.39 is 20.5 Å². The predicted molar refractivity (Wildman–Crippen MR) is 111 cm³/mol. The number of nitrogens with one attached hydrogen (secondary N) is 2. The van der Waals surface area contributed by atoms with Crippen LogP contribution in [0.4, 0.5) is 18.9 Å². The summed E-state index contributed by atoms with van der Waals surface area (Å²) in [7, 11) is -3.80. The van der Waals surface area contributed by atoms with Gasteiger partial charge in [-0.1, -0.05) is 12.1 Å². The second-order valence-electron chi connectivity index (χ2n) is 6.12. The van der Waals surface area contributed by atoms with E-state index >= 15 is 0 Å². The maximum absolute atomic E-state index is 12.6. The summed E-state index contributed by atoms with van der Waals surface area (Å²) in [6.45, 7) is -0.245. The summed E-state index contributed by atoms with van der Waals surface area (Å²) in [6, 6.07) is 5.80. The van der Waals surface area contributed by atoms with E-state index in [1.54, 1.807) is 12.1 Å². The third-order valence-corrected chi connectivity index (χ3v) is 5.86. The number of hydrogen-bond acceptors (Lipinski definition) is 5. The Morgan fingerprint density at radius 2 is 1.97 bits per heavy atom. The lowest BCUT2D eigenvalue weighted by Gasteiger charge is -2.32. The van der Waals surface area contributed by atoms with Gasteiger partial charge in [-0.25, -0.2) is 8.42 Å². The number of benzene rings is 1. The van der Waals surface area contributed by atoms with Crippen LogP contribution in [0.1, 0.15) is 18.4 Å². The zero-order valence-electron chi connectivity index (χ0n) is 15.3. The van der Waals surface area contributed by atoms with Crippen molar-refractivity contribution >= 4 is 45.6 Å². The van der Waals surface area contributed by atoms with Gasteiger partial charge in [-0.15, -0.1) is 24.0 Å². The number of sulfonamides is 1. The van der Waals surface area contributed by atoms with Crippen molar-refractivity contribution in [3.05, 3.63) is 39.9 Å². The second-order valence-corrected chi connectivity index (χ2v) is 8.05. The van der Waals surface area contributed by atoms with E-state index in [0.717, 1.165) is 0 Å². The zero-order chi connectivity index (χ0) is 20.9. The average Bonchev–Trinajstić information content (AvgIpc) is 2.64. The highest BCUT2D eigenvalue weighted by Gasteiger charge is 2.50. The normalized spacial score (nSPS) is 16.8. The Morgan fingerprint density at radius 3 is 2.48 bits per heavy atom. The number of aliphatic imine (C=N–C) groups is 1. The molecule has 0 amide bonds. The molecule has 9 nitrogen and oxygen atoms in total. The van der Waals surface area contributed by atoms with Gasteiger partial charge < -0.3 is 10.6 Å². The highest BCUT2D eigenvalue weighted by Crippen LogP contribution is 2.28. The summed E-state index contributed by atoms with van der Waals surface area (Å²) < 4.78 is 61.1. The SMILES string of the molecule is CN=C(NCc1cccc([N+](=O)[O-])c1)NC1CCN(S(=O)(=O)C(F)(F)F)CC1.I. The number of guanidine groups is 1. The second kappa shape index (κ2) is 10.4. The molecule has 0 spiro atoms. The van der Waals surface area contributed by atoms with E-state index in [-0.39, 0.29) is 68.2 Å². The molecular formula is C15H21F3IN5O4S. The van der Waals surface area contributed by atoms with Crippen LogP contribution in [0.5, 0.6) is 0 Å². The quantitative estimate of drug-likeness (QED) is 0.191. The van der Waals surface area contributed by atoms with Crippen molar-refractivity contribution in [3.63, 3.8) is 0 Å². The molecule has 2 rings (SSSR count). The standard InChI is InChI=1S/C15H20F3N5O4S.HI/c1-19-14(20-10-11-3-2-4-13(9-11)23(24)25)21-12-5-7-22(8-6-12)28(26,27)15(16,17)18;/h2-4,9,12H,5-8,10H2,1H3,(H2,19,20,21);1H. The van der Waals surface area contributed by atoms with E-state index in [0.29, 0.717) is 15.8 Å². The van der Waals surface area contributed by atoms with Crippen LogP contribution < -0.4 is 10.6 Å². The van der Waals surface area contributed by atoms with Crippen LogP contribution in [0.2, 0.25) is 0 Å². The van der Waals surface area contributed by atoms with Crippen LogP contribution in [-0.4, -0.2) is 55.3 Å². The summed E-state index contributed by atoms with van der Waals surface area (Å²) >= 11 is 0. The maximum atomic E-state index is 12.6. The Hall–Kier alpha value is -1.68. The molecular weight excluding hydrogens is 530 g/mol. The average molecular weight is 551 g/mol. The number of hydrogen-bond donors (Lipinski definition) is 2. The van der Waals surface area contributed by atoms with Crippen molar-refractivity contribution < 1.29 is 26.5 Å². The van der Waals surface area contributed by atoms with Gasteiger partial charge >= 0.3 is 15.5 Å². The fourth-order valence-electron chi connectivity index (χ4n) is 2.74. The number of piperidine rings is 1. The van der Waals surface area contributed by atoms with Gasteiger partial charge in [0.15, 0.2) is 5.96 Å². The molecule has 1 aliphatic heterocycles. The molecule has 29 heavy (non-hydrogen) atoms. The first kappa shape index (κ1) is 25.4. The van der Waals surface area contributed by atoms with Crippen LogP contribution in [0, 0.1) is 10.1 Å². The highest BCUT2D eigenvalue weighted by atomic mass is 127. The molecule has 0 aliphatic carbocycles. The van der Waals surface area contributed by atoms with Gasteiger partial charge in [0.1, 0.15) is 0 Å². The van der Waals surface area contributed by atoms with E-state index in [4.69, 9.17) is 0 Å². The minimum absolute atomic E-state index is 0. The number of nitro benzene ring substituents is 1. The number of non-ortho nitro benzene ring substituents is 1. The van der Waals surface area contributed by atoms with E-state index in [2.05, 4.69) is 15.6 Å². The van der Waals surface area contributed by atoms with Crippen LogP contribution in [0.3, 0.4) is 0 Å². The maximum Gasteiger partial charge on any atom is 0.511 e. The third kappa shape index (κ3) is 6.67. The Balaban J connectivity index is 0.00000420. The molecule has 1 aromatic carbocycles. The minimum Gasteiger partial charge on any atom is -0.354 e. The molecule has 0 saturated carbocycles. The summed E-state index contributed by atoms with van der Waals surface area (Å²) in [6.07, 6.45) is 0.375. The highest BCUT2D eigenvalue weighted by molar-refractivity contribution is 14.0. The number of halogens is 4. The van der Waals surface area contributed by atoms with Crippen molar-refractivity contribution in [1.29, 1.82) is 0 Å². The Kier molecular flexibility index (Phi) is 9.08. The number of nitrogens with zero attached hydrogens (tertiary/aromatic N) is 3. The van der Waals surface area contributed by atoms with Gasteiger partial charge in [0.05, 0.1) is 4.92 Å². The van der Waals surface area contributed by atoms with E-state index in [9.17, 15) is 31.7 Å². The molecule has 0 atom stereocenters. The summed E-state index contributed by atoms with van der Waals surface area (Å²) in [5, 5.41) is 16.8. The van der Waals surface area contributed by atoms with Crippen molar-refractivity contribution in [2.75, 3.05) is 20.1 Å². The van der Waals surface area contributed by atoms with Crippen molar-refractivity contribution in [2.24, 2.45) is 4.99 Å². The topological polar surface area (TPSA) is 117 Å². The minimum atomic E-state index is -5.31. The molecule has 1 fully saturated rings.